The number of oxime groups is 1. The number of alkyl halides is 1. The maximum atomic E-state index is 11.0. The molecule has 0 amide bonds. The maximum Gasteiger partial charge on any atom is 0.349 e. The minimum atomic E-state index is -0.442. The summed E-state index contributed by atoms with van der Waals surface area (Å²) in [4.78, 5) is 15.8. The van der Waals surface area contributed by atoms with E-state index in [9.17, 15) is 4.79 Å². The Morgan fingerprint density at radius 1 is 1.19 bits per heavy atom. The van der Waals surface area contributed by atoms with Crippen LogP contribution in [0.25, 0.3) is 0 Å². The number of rotatable bonds is 2. The quantitative estimate of drug-likeness (QED) is 0.423. The van der Waals surface area contributed by atoms with Gasteiger partial charge in [0, 0.05) is 11.8 Å². The summed E-state index contributed by atoms with van der Waals surface area (Å²) in [5, 5.41) is 4.08. The molecule has 0 aliphatic heterocycles. The van der Waals surface area contributed by atoms with Gasteiger partial charge in [-0.05, 0) is 43.9 Å². The zero-order valence-electron chi connectivity index (χ0n) is 9.19. The van der Waals surface area contributed by atoms with Gasteiger partial charge in [0.15, 0.2) is 0 Å². The molecule has 3 nitrogen and oxygen atoms in total. The van der Waals surface area contributed by atoms with Gasteiger partial charge in [-0.25, -0.2) is 4.79 Å². The molecule has 4 bridgehead atoms. The molecule has 88 valence electrons. The van der Waals surface area contributed by atoms with Gasteiger partial charge in [-0.3, -0.25) is 0 Å². The second kappa shape index (κ2) is 4.02. The van der Waals surface area contributed by atoms with Crippen molar-refractivity contribution in [1.82, 2.24) is 0 Å². The van der Waals surface area contributed by atoms with Crippen LogP contribution < -0.4 is 0 Å². The molecule has 0 N–H and O–H groups in total. The molecule has 4 heteroatoms. The number of carbonyl (C=O) groups is 1. The lowest BCUT2D eigenvalue weighted by Crippen LogP contribution is -2.45. The monoisotopic (exact) mass is 241 g/mol. The molecule has 0 spiro atoms. The molecule has 0 aromatic heterocycles. The first-order chi connectivity index (χ1) is 7.76. The second-order valence-electron chi connectivity index (χ2n) is 5.42. The van der Waals surface area contributed by atoms with E-state index in [2.05, 4.69) is 5.16 Å². The fourth-order valence-electron chi connectivity index (χ4n) is 3.94. The first kappa shape index (κ1) is 10.6. The van der Waals surface area contributed by atoms with Crippen molar-refractivity contribution in [2.45, 2.75) is 32.1 Å². The van der Waals surface area contributed by atoms with Crippen LogP contribution in [0.15, 0.2) is 5.16 Å². The van der Waals surface area contributed by atoms with Crippen LogP contribution in [-0.2, 0) is 9.63 Å². The van der Waals surface area contributed by atoms with E-state index in [-0.39, 0.29) is 5.88 Å². The van der Waals surface area contributed by atoms with E-state index in [0.29, 0.717) is 11.8 Å². The molecule has 0 saturated heterocycles. The van der Waals surface area contributed by atoms with Gasteiger partial charge in [0.05, 0.1) is 5.71 Å². The Balaban J connectivity index is 1.74. The summed E-state index contributed by atoms with van der Waals surface area (Å²) in [6.45, 7) is 0. The first-order valence-electron chi connectivity index (χ1n) is 6.10. The normalized spacial score (nSPS) is 39.9. The Morgan fingerprint density at radius 2 is 1.75 bits per heavy atom. The average molecular weight is 242 g/mol. The van der Waals surface area contributed by atoms with Gasteiger partial charge < -0.3 is 4.84 Å². The fourth-order valence-corrected chi connectivity index (χ4v) is 3.99. The van der Waals surface area contributed by atoms with Crippen molar-refractivity contribution >= 4 is 23.3 Å². The van der Waals surface area contributed by atoms with Crippen molar-refractivity contribution in [2.75, 3.05) is 5.88 Å². The molecule has 16 heavy (non-hydrogen) atoms. The number of hydrogen-bond donors (Lipinski definition) is 0. The van der Waals surface area contributed by atoms with E-state index in [1.54, 1.807) is 0 Å². The molecule has 0 radical (unpaired) electrons. The minimum Gasteiger partial charge on any atom is -0.317 e. The summed E-state index contributed by atoms with van der Waals surface area (Å²) >= 11 is 5.38. The van der Waals surface area contributed by atoms with Crippen molar-refractivity contribution in [1.29, 1.82) is 0 Å². The van der Waals surface area contributed by atoms with E-state index >= 15 is 0 Å². The summed E-state index contributed by atoms with van der Waals surface area (Å²) in [6, 6.07) is 0. The van der Waals surface area contributed by atoms with Gasteiger partial charge in [0.2, 0.25) is 0 Å². The van der Waals surface area contributed by atoms with Crippen LogP contribution in [0.4, 0.5) is 0 Å². The van der Waals surface area contributed by atoms with Crippen LogP contribution in [0.5, 0.6) is 0 Å². The van der Waals surface area contributed by atoms with E-state index in [1.807, 2.05) is 0 Å². The van der Waals surface area contributed by atoms with Gasteiger partial charge in [-0.2, -0.15) is 0 Å². The van der Waals surface area contributed by atoms with E-state index in [4.69, 9.17) is 16.4 Å². The molecule has 4 saturated carbocycles. The molecule has 4 fully saturated rings. The van der Waals surface area contributed by atoms with E-state index < -0.39 is 5.97 Å². The molecule has 4 aliphatic carbocycles. The molecule has 0 aromatic carbocycles. The Kier molecular flexibility index (Phi) is 2.66. The fraction of sp³-hybridized carbons (Fsp3) is 0.833. The summed E-state index contributed by atoms with van der Waals surface area (Å²) < 4.78 is 0. The average Bonchev–Trinajstić information content (AvgIpc) is 2.26. The lowest BCUT2D eigenvalue weighted by Gasteiger charge is -2.49. The van der Waals surface area contributed by atoms with Gasteiger partial charge in [0.25, 0.3) is 0 Å². The Labute approximate surface area is 100 Å². The van der Waals surface area contributed by atoms with Crippen molar-refractivity contribution in [2.24, 2.45) is 28.8 Å². The highest BCUT2D eigenvalue weighted by molar-refractivity contribution is 6.26. The molecule has 0 atom stereocenters. The Hall–Kier alpha value is -0.570. The predicted molar refractivity (Wildman–Crippen MR) is 61.3 cm³/mol. The molecule has 0 heterocycles. The zero-order chi connectivity index (χ0) is 11.1. The van der Waals surface area contributed by atoms with Gasteiger partial charge >= 0.3 is 5.97 Å². The van der Waals surface area contributed by atoms with Crippen LogP contribution in [0.3, 0.4) is 0 Å². The van der Waals surface area contributed by atoms with Crippen LogP contribution in [0.1, 0.15) is 32.1 Å². The highest BCUT2D eigenvalue weighted by atomic mass is 35.5. The molecule has 4 rings (SSSR count). The number of hydrogen-bond acceptors (Lipinski definition) is 3. The second-order valence-corrected chi connectivity index (χ2v) is 5.68. The van der Waals surface area contributed by atoms with Crippen LogP contribution in [0, 0.1) is 23.7 Å². The maximum absolute atomic E-state index is 11.0. The SMILES string of the molecule is O=C(CCl)ON=C1C2CC3CC(C2)CC1C3. The number of nitrogens with zero attached hydrogens (tertiary/aromatic N) is 1. The molecular weight excluding hydrogens is 226 g/mol. The summed E-state index contributed by atoms with van der Waals surface area (Å²) in [5.74, 6) is 2.43. The molecule has 4 aliphatic rings. The van der Waals surface area contributed by atoms with Gasteiger partial charge in [-0.15, -0.1) is 11.6 Å². The third kappa shape index (κ3) is 1.75. The summed E-state index contributed by atoms with van der Waals surface area (Å²) in [5.41, 5.74) is 1.14. The van der Waals surface area contributed by atoms with Crippen molar-refractivity contribution < 1.29 is 9.63 Å². The van der Waals surface area contributed by atoms with Gasteiger partial charge in [-0.1, -0.05) is 5.16 Å². The third-order valence-electron chi connectivity index (χ3n) is 4.34. The van der Waals surface area contributed by atoms with Crippen LogP contribution >= 0.6 is 11.6 Å². The first-order valence-corrected chi connectivity index (χ1v) is 6.63. The van der Waals surface area contributed by atoms with Crippen molar-refractivity contribution in [3.63, 3.8) is 0 Å². The highest BCUT2D eigenvalue weighted by Gasteiger charge is 2.46. The van der Waals surface area contributed by atoms with Crippen molar-refractivity contribution in [3.05, 3.63) is 0 Å². The largest absolute Gasteiger partial charge is 0.349 e. The minimum absolute atomic E-state index is 0.114. The molecule has 0 aromatic rings. The standard InChI is InChI=1S/C12H16ClNO2/c13-6-11(15)16-14-12-9-2-7-1-8(4-9)5-10(12)3-7/h7-10H,1-6H2. The van der Waals surface area contributed by atoms with E-state index in [0.717, 1.165) is 17.5 Å². The van der Waals surface area contributed by atoms with Crippen LogP contribution in [0.2, 0.25) is 0 Å². The summed E-state index contributed by atoms with van der Waals surface area (Å²) in [7, 11) is 0. The molecule has 0 unspecified atom stereocenters. The third-order valence-corrected chi connectivity index (χ3v) is 4.55. The van der Waals surface area contributed by atoms with Gasteiger partial charge in [0.1, 0.15) is 5.88 Å². The number of carbonyl (C=O) groups excluding carboxylic acids is 1. The van der Waals surface area contributed by atoms with E-state index in [1.165, 1.54) is 32.1 Å². The topological polar surface area (TPSA) is 38.7 Å². The Bertz CT molecular complexity index is 310. The lowest BCUT2D eigenvalue weighted by atomic mass is 9.55. The number of halogens is 1. The smallest absolute Gasteiger partial charge is 0.317 e. The molecular formula is C12H16ClNO2. The zero-order valence-corrected chi connectivity index (χ0v) is 9.95. The summed E-state index contributed by atoms with van der Waals surface area (Å²) in [6.07, 6.45) is 6.44. The highest BCUT2D eigenvalue weighted by Crippen LogP contribution is 2.52. The Morgan fingerprint density at radius 3 is 2.25 bits per heavy atom. The van der Waals surface area contributed by atoms with Crippen LogP contribution in [-0.4, -0.2) is 17.6 Å². The lowest BCUT2D eigenvalue weighted by molar-refractivity contribution is -0.140. The predicted octanol–water partition coefficient (Wildman–Crippen LogP) is 2.58. The van der Waals surface area contributed by atoms with Crippen molar-refractivity contribution in [3.8, 4) is 0 Å².